The summed E-state index contributed by atoms with van der Waals surface area (Å²) >= 11 is 0. The standard InChI is InChI=1S/C8H16O5/c1-11-6-3-5(4-9)13-8(12-2)7(6)10/h5-10H,3-4H2,1-2H3/t5?,6?,7?,8-/m0/s1. The smallest absolute Gasteiger partial charge is 0.186 e. The van der Waals surface area contributed by atoms with E-state index in [9.17, 15) is 5.11 Å². The van der Waals surface area contributed by atoms with Crippen molar-refractivity contribution in [2.45, 2.75) is 31.0 Å². The van der Waals surface area contributed by atoms with E-state index < -0.39 is 12.4 Å². The van der Waals surface area contributed by atoms with Gasteiger partial charge in [0.1, 0.15) is 6.10 Å². The molecule has 1 fully saturated rings. The molecule has 4 atom stereocenters. The summed E-state index contributed by atoms with van der Waals surface area (Å²) in [5.41, 5.74) is 0. The summed E-state index contributed by atoms with van der Waals surface area (Å²) in [6.07, 6.45) is -1.68. The van der Waals surface area contributed by atoms with Crippen LogP contribution >= 0.6 is 0 Å². The monoisotopic (exact) mass is 192 g/mol. The Morgan fingerprint density at radius 1 is 1.38 bits per heavy atom. The second kappa shape index (κ2) is 4.88. The Morgan fingerprint density at radius 3 is 2.54 bits per heavy atom. The summed E-state index contributed by atoms with van der Waals surface area (Å²) in [6.45, 7) is -0.0908. The van der Waals surface area contributed by atoms with Crippen LogP contribution in [0.2, 0.25) is 0 Å². The van der Waals surface area contributed by atoms with Crippen molar-refractivity contribution in [2.24, 2.45) is 0 Å². The molecule has 13 heavy (non-hydrogen) atoms. The number of aliphatic hydroxyl groups is 2. The minimum Gasteiger partial charge on any atom is -0.394 e. The number of ether oxygens (including phenoxy) is 3. The van der Waals surface area contributed by atoms with E-state index >= 15 is 0 Å². The SMILES string of the molecule is COC1CC(CO)O[C@H](OC)C1O. The number of hydrogen-bond acceptors (Lipinski definition) is 5. The fourth-order valence-corrected chi connectivity index (χ4v) is 1.45. The van der Waals surface area contributed by atoms with Crippen molar-refractivity contribution >= 4 is 0 Å². The lowest BCUT2D eigenvalue weighted by molar-refractivity contribution is -0.266. The predicted molar refractivity (Wildman–Crippen MR) is 44.2 cm³/mol. The minimum atomic E-state index is -0.794. The first kappa shape index (κ1) is 10.9. The van der Waals surface area contributed by atoms with Gasteiger partial charge in [-0.3, -0.25) is 0 Å². The maximum absolute atomic E-state index is 9.59. The third-order valence-electron chi connectivity index (χ3n) is 2.22. The molecule has 1 rings (SSSR count). The lowest BCUT2D eigenvalue weighted by Crippen LogP contribution is -2.50. The van der Waals surface area contributed by atoms with Gasteiger partial charge in [-0.2, -0.15) is 0 Å². The molecule has 0 aromatic rings. The molecule has 2 N–H and O–H groups in total. The molecule has 1 aliphatic rings. The Bertz CT molecular complexity index is 137. The van der Waals surface area contributed by atoms with Crippen LogP contribution in [0.4, 0.5) is 0 Å². The largest absolute Gasteiger partial charge is 0.394 e. The molecular weight excluding hydrogens is 176 g/mol. The van der Waals surface area contributed by atoms with Crippen LogP contribution < -0.4 is 0 Å². The number of hydrogen-bond donors (Lipinski definition) is 2. The highest BCUT2D eigenvalue weighted by atomic mass is 16.7. The van der Waals surface area contributed by atoms with Crippen LogP contribution in [-0.2, 0) is 14.2 Å². The summed E-state index contributed by atoms with van der Waals surface area (Å²) in [6, 6.07) is 0. The van der Waals surface area contributed by atoms with E-state index in [2.05, 4.69) is 0 Å². The van der Waals surface area contributed by atoms with Crippen molar-refractivity contribution in [2.75, 3.05) is 20.8 Å². The van der Waals surface area contributed by atoms with Crippen LogP contribution in [-0.4, -0.2) is 55.6 Å². The Kier molecular flexibility index (Phi) is 4.08. The van der Waals surface area contributed by atoms with E-state index in [0.717, 1.165) is 0 Å². The average Bonchev–Trinajstić information content (AvgIpc) is 2.18. The van der Waals surface area contributed by atoms with Gasteiger partial charge in [-0.25, -0.2) is 0 Å². The summed E-state index contributed by atoms with van der Waals surface area (Å²) in [4.78, 5) is 0. The molecule has 78 valence electrons. The summed E-state index contributed by atoms with van der Waals surface area (Å²) in [5, 5.41) is 18.5. The molecule has 0 aromatic carbocycles. The highest BCUT2D eigenvalue weighted by Crippen LogP contribution is 2.22. The van der Waals surface area contributed by atoms with Gasteiger partial charge in [-0.15, -0.1) is 0 Å². The van der Waals surface area contributed by atoms with Gasteiger partial charge in [0, 0.05) is 20.6 Å². The molecule has 1 saturated heterocycles. The molecule has 1 heterocycles. The summed E-state index contributed by atoms with van der Waals surface area (Å²) in [7, 11) is 2.96. The quantitative estimate of drug-likeness (QED) is 0.607. The molecule has 0 bridgehead atoms. The Morgan fingerprint density at radius 2 is 2.08 bits per heavy atom. The van der Waals surface area contributed by atoms with Crippen molar-refractivity contribution < 1.29 is 24.4 Å². The maximum Gasteiger partial charge on any atom is 0.186 e. The number of aliphatic hydroxyl groups excluding tert-OH is 2. The van der Waals surface area contributed by atoms with Crippen molar-refractivity contribution in [1.29, 1.82) is 0 Å². The van der Waals surface area contributed by atoms with Crippen LogP contribution in [0.5, 0.6) is 0 Å². The van der Waals surface area contributed by atoms with Crippen LogP contribution in [0.15, 0.2) is 0 Å². The third kappa shape index (κ3) is 2.38. The van der Waals surface area contributed by atoms with E-state index in [1.54, 1.807) is 0 Å². The zero-order chi connectivity index (χ0) is 9.84. The highest BCUT2D eigenvalue weighted by molar-refractivity contribution is 4.81. The van der Waals surface area contributed by atoms with Crippen LogP contribution in [0.25, 0.3) is 0 Å². The van der Waals surface area contributed by atoms with Crippen LogP contribution in [0.1, 0.15) is 6.42 Å². The number of rotatable bonds is 3. The van der Waals surface area contributed by atoms with Gasteiger partial charge in [0.2, 0.25) is 0 Å². The molecule has 0 amide bonds. The van der Waals surface area contributed by atoms with Gasteiger partial charge < -0.3 is 24.4 Å². The normalized spacial score (nSPS) is 40.6. The van der Waals surface area contributed by atoms with Crippen molar-refractivity contribution in [1.82, 2.24) is 0 Å². The molecule has 5 nitrogen and oxygen atoms in total. The fraction of sp³-hybridized carbons (Fsp3) is 1.00. The third-order valence-corrected chi connectivity index (χ3v) is 2.22. The van der Waals surface area contributed by atoms with Gasteiger partial charge in [0.15, 0.2) is 6.29 Å². The Hall–Kier alpha value is -0.200. The molecule has 0 aromatic heterocycles. The second-order valence-electron chi connectivity index (χ2n) is 3.05. The lowest BCUT2D eigenvalue weighted by atomic mass is 10.0. The molecule has 1 aliphatic heterocycles. The topological polar surface area (TPSA) is 68.2 Å². The first-order valence-corrected chi connectivity index (χ1v) is 4.23. The molecule has 0 radical (unpaired) electrons. The van der Waals surface area contributed by atoms with Gasteiger partial charge in [-0.05, 0) is 0 Å². The maximum atomic E-state index is 9.59. The van der Waals surface area contributed by atoms with Crippen molar-refractivity contribution in [3.05, 3.63) is 0 Å². The van der Waals surface area contributed by atoms with Gasteiger partial charge >= 0.3 is 0 Å². The average molecular weight is 192 g/mol. The minimum absolute atomic E-state index is 0.0908. The van der Waals surface area contributed by atoms with E-state index in [4.69, 9.17) is 19.3 Å². The zero-order valence-electron chi connectivity index (χ0n) is 7.84. The van der Waals surface area contributed by atoms with E-state index in [0.29, 0.717) is 6.42 Å². The molecule has 0 spiro atoms. The van der Waals surface area contributed by atoms with E-state index in [-0.39, 0.29) is 18.8 Å². The molecule has 3 unspecified atom stereocenters. The summed E-state index contributed by atoms with van der Waals surface area (Å²) in [5.74, 6) is 0. The van der Waals surface area contributed by atoms with E-state index in [1.807, 2.05) is 0 Å². The highest BCUT2D eigenvalue weighted by Gasteiger charge is 2.37. The van der Waals surface area contributed by atoms with Crippen molar-refractivity contribution in [3.63, 3.8) is 0 Å². The fourth-order valence-electron chi connectivity index (χ4n) is 1.45. The Balaban J connectivity index is 2.56. The lowest BCUT2D eigenvalue weighted by Gasteiger charge is -2.37. The van der Waals surface area contributed by atoms with Crippen LogP contribution in [0.3, 0.4) is 0 Å². The second-order valence-corrected chi connectivity index (χ2v) is 3.05. The van der Waals surface area contributed by atoms with Gasteiger partial charge in [-0.1, -0.05) is 0 Å². The van der Waals surface area contributed by atoms with E-state index in [1.165, 1.54) is 14.2 Å². The van der Waals surface area contributed by atoms with Gasteiger partial charge in [0.25, 0.3) is 0 Å². The van der Waals surface area contributed by atoms with Crippen molar-refractivity contribution in [3.8, 4) is 0 Å². The first-order valence-electron chi connectivity index (χ1n) is 4.23. The molecule has 0 aliphatic carbocycles. The molecule has 0 saturated carbocycles. The predicted octanol–water partition coefficient (Wildman–Crippen LogP) is -0.884. The Labute approximate surface area is 77.2 Å². The molecule has 5 heteroatoms. The first-order chi connectivity index (χ1) is 6.22. The number of methoxy groups -OCH3 is 2. The summed E-state index contributed by atoms with van der Waals surface area (Å²) < 4.78 is 15.2. The zero-order valence-corrected chi connectivity index (χ0v) is 7.84. The molecular formula is C8H16O5. The van der Waals surface area contributed by atoms with Crippen LogP contribution in [0, 0.1) is 0 Å². The van der Waals surface area contributed by atoms with Gasteiger partial charge in [0.05, 0.1) is 18.8 Å².